The van der Waals surface area contributed by atoms with Crippen LogP contribution < -0.4 is 10.6 Å². The van der Waals surface area contributed by atoms with Crippen molar-refractivity contribution in [2.24, 2.45) is 0 Å². The first-order chi connectivity index (χ1) is 7.72. The van der Waals surface area contributed by atoms with Crippen molar-refractivity contribution < 1.29 is 9.59 Å². The van der Waals surface area contributed by atoms with E-state index in [1.807, 2.05) is 31.2 Å². The third-order valence-electron chi connectivity index (χ3n) is 2.67. The monoisotopic (exact) mass is 218 g/mol. The third kappa shape index (κ3) is 1.91. The number of rotatable bonds is 2. The van der Waals surface area contributed by atoms with Gasteiger partial charge in [0, 0.05) is 18.7 Å². The molecule has 4 heteroatoms. The van der Waals surface area contributed by atoms with Crippen molar-refractivity contribution in [3.63, 3.8) is 0 Å². The van der Waals surface area contributed by atoms with Gasteiger partial charge in [0.05, 0.1) is 5.92 Å². The lowest BCUT2D eigenvalue weighted by atomic mass is 9.90. The van der Waals surface area contributed by atoms with E-state index in [1.54, 1.807) is 0 Å². The number of amides is 2. The van der Waals surface area contributed by atoms with Gasteiger partial charge in [0.2, 0.25) is 11.8 Å². The van der Waals surface area contributed by atoms with Gasteiger partial charge in [0.15, 0.2) is 0 Å². The quantitative estimate of drug-likeness (QED) is 0.784. The zero-order valence-corrected chi connectivity index (χ0v) is 9.12. The first kappa shape index (κ1) is 10.7. The highest BCUT2D eigenvalue weighted by Gasteiger charge is 2.29. The second-order valence-corrected chi connectivity index (χ2v) is 3.79. The van der Waals surface area contributed by atoms with Crippen LogP contribution in [-0.2, 0) is 9.59 Å². The van der Waals surface area contributed by atoms with Crippen LogP contribution in [0, 0.1) is 0 Å². The molecule has 0 bridgehead atoms. The number of carbonyl (C=O) groups excluding carboxylic acids is 2. The van der Waals surface area contributed by atoms with Crippen LogP contribution >= 0.6 is 0 Å². The van der Waals surface area contributed by atoms with E-state index in [0.29, 0.717) is 6.54 Å². The Bertz CT molecular complexity index is 429. The number of para-hydroxylation sites is 1. The molecular formula is C12H14N2O2. The van der Waals surface area contributed by atoms with Crippen molar-refractivity contribution in [1.29, 1.82) is 0 Å². The zero-order valence-electron chi connectivity index (χ0n) is 9.12. The van der Waals surface area contributed by atoms with Crippen molar-refractivity contribution in [3.05, 3.63) is 29.8 Å². The van der Waals surface area contributed by atoms with E-state index >= 15 is 0 Å². The highest BCUT2D eigenvalue weighted by Crippen LogP contribution is 2.31. The van der Waals surface area contributed by atoms with E-state index < -0.39 is 0 Å². The average Bonchev–Trinajstić information content (AvgIpc) is 2.28. The predicted molar refractivity (Wildman–Crippen MR) is 61.1 cm³/mol. The molecule has 0 unspecified atom stereocenters. The fraction of sp³-hybridized carbons (Fsp3) is 0.333. The Labute approximate surface area is 94.0 Å². The summed E-state index contributed by atoms with van der Waals surface area (Å²) in [6, 6.07) is 7.43. The Kier molecular flexibility index (Phi) is 2.90. The average molecular weight is 218 g/mol. The molecule has 2 amide bonds. The number of fused-ring (bicyclic) bond motifs is 1. The molecule has 0 aliphatic carbocycles. The van der Waals surface area contributed by atoms with Gasteiger partial charge in [-0.05, 0) is 18.6 Å². The Morgan fingerprint density at radius 3 is 3.00 bits per heavy atom. The van der Waals surface area contributed by atoms with Crippen molar-refractivity contribution in [2.75, 3.05) is 11.9 Å². The number of hydrogen-bond acceptors (Lipinski definition) is 2. The number of likely N-dealkylation sites (N-methyl/N-ethyl adjacent to an activating group) is 1. The van der Waals surface area contributed by atoms with Crippen molar-refractivity contribution in [1.82, 2.24) is 5.32 Å². The lowest BCUT2D eigenvalue weighted by molar-refractivity contribution is -0.126. The van der Waals surface area contributed by atoms with Crippen LogP contribution in [0.25, 0.3) is 0 Å². The summed E-state index contributed by atoms with van der Waals surface area (Å²) in [5.41, 5.74) is 1.64. The Hall–Kier alpha value is -1.84. The van der Waals surface area contributed by atoms with Gasteiger partial charge < -0.3 is 10.6 Å². The summed E-state index contributed by atoms with van der Waals surface area (Å²) in [6.45, 7) is 2.45. The minimum absolute atomic E-state index is 0.0789. The lowest BCUT2D eigenvalue weighted by Gasteiger charge is -2.24. The molecule has 4 nitrogen and oxygen atoms in total. The number of nitrogens with one attached hydrogen (secondary N) is 2. The minimum atomic E-state index is -0.357. The van der Waals surface area contributed by atoms with Crippen molar-refractivity contribution in [2.45, 2.75) is 19.3 Å². The molecule has 0 saturated heterocycles. The second kappa shape index (κ2) is 4.35. The van der Waals surface area contributed by atoms with Gasteiger partial charge in [-0.1, -0.05) is 18.2 Å². The Morgan fingerprint density at radius 2 is 2.25 bits per heavy atom. The first-order valence-electron chi connectivity index (χ1n) is 5.39. The summed E-state index contributed by atoms with van der Waals surface area (Å²) in [5.74, 6) is -0.537. The topological polar surface area (TPSA) is 58.2 Å². The third-order valence-corrected chi connectivity index (χ3v) is 2.67. The first-order valence-corrected chi connectivity index (χ1v) is 5.39. The van der Waals surface area contributed by atoms with E-state index in [9.17, 15) is 9.59 Å². The smallest absolute Gasteiger partial charge is 0.228 e. The lowest BCUT2D eigenvalue weighted by Crippen LogP contribution is -2.34. The molecule has 0 saturated carbocycles. The van der Waals surface area contributed by atoms with Gasteiger partial charge in [-0.2, -0.15) is 0 Å². The maximum Gasteiger partial charge on any atom is 0.228 e. The molecule has 2 N–H and O–H groups in total. The minimum Gasteiger partial charge on any atom is -0.356 e. The van der Waals surface area contributed by atoms with Crippen LogP contribution in [0.4, 0.5) is 5.69 Å². The molecule has 1 aliphatic rings. The zero-order chi connectivity index (χ0) is 11.5. The normalized spacial score (nSPS) is 18.6. The van der Waals surface area contributed by atoms with E-state index in [0.717, 1.165) is 11.3 Å². The van der Waals surface area contributed by atoms with Gasteiger partial charge in [0.25, 0.3) is 0 Å². The molecule has 1 aromatic carbocycles. The highest BCUT2D eigenvalue weighted by molar-refractivity contribution is 6.01. The van der Waals surface area contributed by atoms with Crippen LogP contribution in [0.15, 0.2) is 24.3 Å². The van der Waals surface area contributed by atoms with E-state index in [1.165, 1.54) is 0 Å². The van der Waals surface area contributed by atoms with E-state index in [-0.39, 0.29) is 24.2 Å². The Balaban J connectivity index is 2.33. The van der Waals surface area contributed by atoms with Crippen LogP contribution in [0.5, 0.6) is 0 Å². The molecule has 0 spiro atoms. The van der Waals surface area contributed by atoms with Crippen molar-refractivity contribution in [3.8, 4) is 0 Å². The van der Waals surface area contributed by atoms with Gasteiger partial charge >= 0.3 is 0 Å². The molecule has 0 radical (unpaired) electrons. The summed E-state index contributed by atoms with van der Waals surface area (Å²) in [7, 11) is 0. The highest BCUT2D eigenvalue weighted by atomic mass is 16.2. The van der Waals surface area contributed by atoms with E-state index in [4.69, 9.17) is 0 Å². The summed E-state index contributed by atoms with van der Waals surface area (Å²) in [5, 5.41) is 5.53. The molecular weight excluding hydrogens is 204 g/mol. The molecule has 0 fully saturated rings. The second-order valence-electron chi connectivity index (χ2n) is 3.79. The maximum atomic E-state index is 11.8. The fourth-order valence-electron chi connectivity index (χ4n) is 1.94. The van der Waals surface area contributed by atoms with Crippen molar-refractivity contribution >= 4 is 17.5 Å². The van der Waals surface area contributed by atoms with Gasteiger partial charge in [-0.25, -0.2) is 0 Å². The standard InChI is InChI=1S/C12H14N2O2/c1-2-13-12(16)9-7-11(15)14-10-6-4-3-5-8(9)10/h3-6,9H,2,7H2,1H3,(H,13,16)(H,14,15)/t9-/m0/s1. The van der Waals surface area contributed by atoms with Gasteiger partial charge in [0.1, 0.15) is 0 Å². The fourth-order valence-corrected chi connectivity index (χ4v) is 1.94. The molecule has 1 heterocycles. The number of carbonyl (C=O) groups is 2. The number of hydrogen-bond donors (Lipinski definition) is 2. The van der Waals surface area contributed by atoms with E-state index in [2.05, 4.69) is 10.6 Å². The molecule has 2 rings (SSSR count). The Morgan fingerprint density at radius 1 is 1.50 bits per heavy atom. The number of benzene rings is 1. The summed E-state index contributed by atoms with van der Waals surface area (Å²) < 4.78 is 0. The molecule has 1 aliphatic heterocycles. The predicted octanol–water partition coefficient (Wildman–Crippen LogP) is 1.25. The van der Waals surface area contributed by atoms with Gasteiger partial charge in [-0.3, -0.25) is 9.59 Å². The summed E-state index contributed by atoms with van der Waals surface area (Å²) in [4.78, 5) is 23.3. The molecule has 0 aromatic heterocycles. The molecule has 1 aromatic rings. The SMILES string of the molecule is CCNC(=O)[C@H]1CC(=O)Nc2ccccc21. The van der Waals surface area contributed by atoms with Gasteiger partial charge in [-0.15, -0.1) is 0 Å². The van der Waals surface area contributed by atoms with Crippen LogP contribution in [0.1, 0.15) is 24.8 Å². The maximum absolute atomic E-state index is 11.8. The largest absolute Gasteiger partial charge is 0.356 e. The number of anilines is 1. The van der Waals surface area contributed by atoms with Crippen LogP contribution in [0.2, 0.25) is 0 Å². The molecule has 1 atom stereocenters. The van der Waals surface area contributed by atoms with Crippen LogP contribution in [0.3, 0.4) is 0 Å². The van der Waals surface area contributed by atoms with Crippen LogP contribution in [-0.4, -0.2) is 18.4 Å². The molecule has 16 heavy (non-hydrogen) atoms. The summed E-state index contributed by atoms with van der Waals surface area (Å²) >= 11 is 0. The summed E-state index contributed by atoms with van der Waals surface area (Å²) in [6.07, 6.45) is 0.225. The molecule has 84 valence electrons.